The van der Waals surface area contributed by atoms with Gasteiger partial charge in [-0.25, -0.2) is 4.98 Å². The number of hydrogen-bond donors (Lipinski definition) is 1. The second-order valence-electron chi connectivity index (χ2n) is 5.79. The van der Waals surface area contributed by atoms with Crippen LogP contribution < -0.4 is 5.32 Å². The zero-order chi connectivity index (χ0) is 13.2. The van der Waals surface area contributed by atoms with Crippen LogP contribution in [0.2, 0.25) is 5.15 Å². The smallest absolute Gasteiger partial charge is 0.128 e. The normalized spacial score (nSPS) is 28.9. The van der Waals surface area contributed by atoms with Gasteiger partial charge in [-0.05, 0) is 38.8 Å². The Labute approximate surface area is 120 Å². The molecule has 0 bridgehead atoms. The Morgan fingerprint density at radius 3 is 2.95 bits per heavy atom. The molecule has 2 unspecified atom stereocenters. The zero-order valence-corrected chi connectivity index (χ0v) is 12.4. The van der Waals surface area contributed by atoms with Gasteiger partial charge in [-0.3, -0.25) is 4.90 Å². The van der Waals surface area contributed by atoms with E-state index < -0.39 is 0 Å². The van der Waals surface area contributed by atoms with Crippen LogP contribution in [0.1, 0.15) is 37.9 Å². The van der Waals surface area contributed by atoms with Gasteiger partial charge in [-0.15, -0.1) is 0 Å². The van der Waals surface area contributed by atoms with Gasteiger partial charge in [0.05, 0.1) is 12.7 Å². The highest BCUT2D eigenvalue weighted by molar-refractivity contribution is 6.29. The third-order valence-electron chi connectivity index (χ3n) is 4.60. The van der Waals surface area contributed by atoms with E-state index in [0.29, 0.717) is 12.1 Å². The van der Waals surface area contributed by atoms with E-state index in [0.717, 1.165) is 17.5 Å². The third kappa shape index (κ3) is 2.81. The van der Waals surface area contributed by atoms with Crippen LogP contribution in [0.4, 0.5) is 0 Å². The molecule has 0 aliphatic carbocycles. The molecule has 106 valence electrons. The largest absolute Gasteiger partial charge is 0.321 e. The Kier molecular flexibility index (Phi) is 4.10. The van der Waals surface area contributed by atoms with Crippen LogP contribution in [0.5, 0.6) is 0 Å². The summed E-state index contributed by atoms with van der Waals surface area (Å²) >= 11 is 6.08. The average molecular weight is 283 g/mol. The minimum atomic E-state index is 0.673. The first-order valence-electron chi connectivity index (χ1n) is 7.39. The van der Waals surface area contributed by atoms with Crippen LogP contribution in [0.3, 0.4) is 0 Å². The zero-order valence-electron chi connectivity index (χ0n) is 11.6. The number of nitrogens with one attached hydrogen (secondary N) is 1. The first-order valence-corrected chi connectivity index (χ1v) is 7.77. The van der Waals surface area contributed by atoms with Gasteiger partial charge in [-0.2, -0.15) is 0 Å². The van der Waals surface area contributed by atoms with Gasteiger partial charge in [0.2, 0.25) is 0 Å². The predicted molar refractivity (Wildman–Crippen MR) is 77.3 cm³/mol. The van der Waals surface area contributed by atoms with E-state index in [4.69, 9.17) is 11.6 Å². The summed E-state index contributed by atoms with van der Waals surface area (Å²) in [5, 5.41) is 4.39. The summed E-state index contributed by atoms with van der Waals surface area (Å²) in [4.78, 5) is 7.04. The van der Waals surface area contributed by atoms with Crippen molar-refractivity contribution < 1.29 is 0 Å². The maximum atomic E-state index is 6.08. The van der Waals surface area contributed by atoms with E-state index in [1.165, 1.54) is 45.2 Å². The van der Waals surface area contributed by atoms with Crippen LogP contribution in [0.25, 0.3) is 0 Å². The van der Waals surface area contributed by atoms with Crippen LogP contribution in [0, 0.1) is 0 Å². The number of hydrogen-bond acceptors (Lipinski definition) is 3. The minimum absolute atomic E-state index is 0.673. The molecule has 5 heteroatoms. The predicted octanol–water partition coefficient (Wildman–Crippen LogP) is 2.18. The van der Waals surface area contributed by atoms with Crippen molar-refractivity contribution in [2.75, 3.05) is 13.1 Å². The highest BCUT2D eigenvalue weighted by Gasteiger charge is 2.32. The molecular weight excluding hydrogens is 260 g/mol. The van der Waals surface area contributed by atoms with Crippen LogP contribution >= 0.6 is 11.6 Å². The Morgan fingerprint density at radius 1 is 1.37 bits per heavy atom. The molecular formula is C14H23ClN4. The van der Waals surface area contributed by atoms with E-state index in [9.17, 15) is 0 Å². The molecule has 0 spiro atoms. The molecule has 2 fully saturated rings. The highest BCUT2D eigenvalue weighted by Crippen LogP contribution is 2.25. The van der Waals surface area contributed by atoms with Crippen molar-refractivity contribution >= 4 is 11.6 Å². The topological polar surface area (TPSA) is 33.1 Å². The van der Waals surface area contributed by atoms with Gasteiger partial charge < -0.3 is 9.88 Å². The van der Waals surface area contributed by atoms with Gasteiger partial charge >= 0.3 is 0 Å². The molecule has 2 saturated heterocycles. The molecule has 3 rings (SSSR count). The fraction of sp³-hybridized carbons (Fsp3) is 0.786. The lowest BCUT2D eigenvalue weighted by atomic mass is 9.94. The van der Waals surface area contributed by atoms with Crippen molar-refractivity contribution in [1.29, 1.82) is 0 Å². The fourth-order valence-corrected chi connectivity index (χ4v) is 3.61. The van der Waals surface area contributed by atoms with E-state index in [-0.39, 0.29) is 0 Å². The van der Waals surface area contributed by atoms with E-state index >= 15 is 0 Å². The fourth-order valence-electron chi connectivity index (χ4n) is 3.46. The summed E-state index contributed by atoms with van der Waals surface area (Å²) in [5.41, 5.74) is 0. The summed E-state index contributed by atoms with van der Waals surface area (Å²) in [6.07, 6.45) is 8.38. The summed E-state index contributed by atoms with van der Waals surface area (Å²) in [6.45, 7) is 3.29. The van der Waals surface area contributed by atoms with Gasteiger partial charge in [0.1, 0.15) is 11.0 Å². The highest BCUT2D eigenvalue weighted by atomic mass is 35.5. The maximum absolute atomic E-state index is 6.08. The average Bonchev–Trinajstić information content (AvgIpc) is 3.05. The number of likely N-dealkylation sites (tertiary alicyclic amines) is 1. The number of halogens is 1. The molecule has 2 aliphatic heterocycles. The second-order valence-corrected chi connectivity index (χ2v) is 6.18. The molecule has 0 aromatic carbocycles. The van der Waals surface area contributed by atoms with E-state index in [2.05, 4.69) is 15.2 Å². The molecule has 1 aromatic rings. The van der Waals surface area contributed by atoms with E-state index in [1.807, 2.05) is 11.6 Å². The van der Waals surface area contributed by atoms with Crippen LogP contribution in [0.15, 0.2) is 6.20 Å². The van der Waals surface area contributed by atoms with Gasteiger partial charge in [0.25, 0.3) is 0 Å². The first kappa shape index (κ1) is 13.4. The Hall–Kier alpha value is -0.580. The lowest BCUT2D eigenvalue weighted by Crippen LogP contribution is -2.49. The molecule has 0 radical (unpaired) electrons. The lowest BCUT2D eigenvalue weighted by Gasteiger charge is -2.39. The number of aromatic nitrogens is 2. The third-order valence-corrected chi connectivity index (χ3v) is 4.95. The molecule has 0 amide bonds. The van der Waals surface area contributed by atoms with Crippen molar-refractivity contribution in [3.63, 3.8) is 0 Å². The monoisotopic (exact) mass is 282 g/mol. The van der Waals surface area contributed by atoms with Crippen LogP contribution in [-0.2, 0) is 13.6 Å². The molecule has 2 atom stereocenters. The van der Waals surface area contributed by atoms with Gasteiger partial charge in [0, 0.05) is 19.1 Å². The second kappa shape index (κ2) is 5.81. The Balaban J connectivity index is 1.71. The lowest BCUT2D eigenvalue weighted by molar-refractivity contribution is 0.108. The summed E-state index contributed by atoms with van der Waals surface area (Å²) in [5.74, 6) is 1.08. The summed E-state index contributed by atoms with van der Waals surface area (Å²) in [6, 6.07) is 1.35. The minimum Gasteiger partial charge on any atom is -0.321 e. The van der Waals surface area contributed by atoms with Crippen molar-refractivity contribution in [2.24, 2.45) is 7.05 Å². The molecule has 4 nitrogen and oxygen atoms in total. The molecule has 2 aliphatic rings. The number of nitrogens with zero attached hydrogens (tertiary/aromatic N) is 3. The summed E-state index contributed by atoms with van der Waals surface area (Å²) < 4.78 is 2.00. The molecule has 3 heterocycles. The molecule has 1 N–H and O–H groups in total. The number of piperidine rings is 1. The van der Waals surface area contributed by atoms with Gasteiger partial charge in [0.15, 0.2) is 0 Å². The van der Waals surface area contributed by atoms with Crippen molar-refractivity contribution in [1.82, 2.24) is 19.8 Å². The van der Waals surface area contributed by atoms with Gasteiger partial charge in [-0.1, -0.05) is 18.0 Å². The van der Waals surface area contributed by atoms with Crippen molar-refractivity contribution in [3.8, 4) is 0 Å². The Morgan fingerprint density at radius 2 is 2.26 bits per heavy atom. The quantitative estimate of drug-likeness (QED) is 0.922. The first-order chi connectivity index (χ1) is 9.25. The summed E-state index contributed by atoms with van der Waals surface area (Å²) in [7, 11) is 2.00. The van der Waals surface area contributed by atoms with E-state index in [1.54, 1.807) is 6.20 Å². The molecule has 0 saturated carbocycles. The molecule has 1 aromatic heterocycles. The maximum Gasteiger partial charge on any atom is 0.128 e. The van der Waals surface area contributed by atoms with Crippen molar-refractivity contribution in [2.45, 2.75) is 50.7 Å². The number of imidazole rings is 1. The molecule has 19 heavy (non-hydrogen) atoms. The standard InChI is InChI=1S/C14H23ClN4/c1-18-13(15)9-17-14(18)10-19-8-3-2-6-12(19)11-5-4-7-16-11/h9,11-12,16H,2-8,10H2,1H3. The SMILES string of the molecule is Cn1c(Cl)cnc1CN1CCCCC1C1CCCN1. The Bertz CT molecular complexity index is 425. The number of rotatable bonds is 3. The van der Waals surface area contributed by atoms with Crippen molar-refractivity contribution in [3.05, 3.63) is 17.2 Å². The van der Waals surface area contributed by atoms with Crippen LogP contribution in [-0.4, -0.2) is 39.6 Å².